The molecule has 3 nitrogen and oxygen atoms in total. The predicted octanol–water partition coefficient (Wildman–Crippen LogP) is -1.80. The Morgan fingerprint density at radius 3 is 2.40 bits per heavy atom. The summed E-state index contributed by atoms with van der Waals surface area (Å²) < 4.78 is 2.95. The minimum Gasteiger partial charge on any atom is -0.463 e. The number of aldehydes is 2. The maximum Gasteiger partial charge on any atom is 0.381 e. The first kappa shape index (κ1) is 4.14. The Hall–Kier alpha value is -0.860. The van der Waals surface area contributed by atoms with Gasteiger partial charge in [-0.1, -0.05) is 0 Å². The van der Waals surface area contributed by atoms with E-state index in [2.05, 4.69) is 4.58 Å². The Labute approximate surface area is 28.5 Å². The first-order valence-corrected chi connectivity index (χ1v) is 0.971. The third-order valence-electron chi connectivity index (χ3n) is 0.111. The van der Waals surface area contributed by atoms with Gasteiger partial charge in [-0.05, 0) is 0 Å². The second-order valence-electron chi connectivity index (χ2n) is 0.368. The van der Waals surface area contributed by atoms with E-state index in [1.165, 1.54) is 0 Å². The molecule has 0 aromatic rings. The van der Waals surface area contributed by atoms with Crippen LogP contribution in [-0.4, -0.2) is 12.6 Å². The first-order chi connectivity index (χ1) is 2.41. The summed E-state index contributed by atoms with van der Waals surface area (Å²) in [7, 11) is 0. The van der Waals surface area contributed by atoms with Crippen molar-refractivity contribution >= 4 is 12.6 Å². The van der Waals surface area contributed by atoms with E-state index in [-0.39, 0.29) is 6.29 Å². The third-order valence-corrected chi connectivity index (χ3v) is 0.111. The molecule has 0 atom stereocenters. The van der Waals surface area contributed by atoms with Gasteiger partial charge in [-0.2, -0.15) is 4.58 Å². The number of rotatable bonds is 1. The summed E-state index contributed by atoms with van der Waals surface area (Å²) in [6.45, 7) is 0. The fourth-order valence-electron chi connectivity index (χ4n) is 0.0227. The minimum absolute atomic E-state index is 0.271. The third kappa shape index (κ3) is 3.14. The topological polar surface area (TPSA) is 51.4 Å². The maximum absolute atomic E-state index is 9.02. The molecule has 0 fully saturated rings. The molecule has 0 unspecified atom stereocenters. The van der Waals surface area contributed by atoms with Crippen LogP contribution >= 0.6 is 0 Å². The molecular formula is C2H2O3. The van der Waals surface area contributed by atoms with Crippen LogP contribution in [-0.2, 0) is 9.37 Å². The molecule has 0 bridgehead atoms. The van der Waals surface area contributed by atoms with Gasteiger partial charge in [0.2, 0.25) is 6.29 Å². The molecule has 0 aliphatic heterocycles. The Kier molecular flexibility index (Phi) is 2.60. The molecule has 0 radical (unpaired) electrons. The van der Waals surface area contributed by atoms with Crippen molar-refractivity contribution in [3.63, 3.8) is 0 Å². The highest BCUT2D eigenvalue weighted by atomic mass is 17.1. The predicted molar refractivity (Wildman–Crippen MR) is 12.1 cm³/mol. The van der Waals surface area contributed by atoms with Gasteiger partial charge >= 0.3 is 6.29 Å². The van der Waals surface area contributed by atoms with Gasteiger partial charge in [0.15, 0.2) is 0 Å². The van der Waals surface area contributed by atoms with Crippen LogP contribution in [0.25, 0.3) is 0 Å². The molecule has 0 aromatic heterocycles. The molecular weight excluding hydrogens is 72.0 g/mol. The van der Waals surface area contributed by atoms with E-state index >= 15 is 0 Å². The Morgan fingerprint density at radius 1 is 1.80 bits per heavy atom. The van der Waals surface area contributed by atoms with Crippen molar-refractivity contribution in [2.45, 2.75) is 0 Å². The van der Waals surface area contributed by atoms with E-state index in [0.29, 0.717) is 6.29 Å². The molecule has 5 heavy (non-hydrogen) atoms. The molecule has 0 saturated carbocycles. The second kappa shape index (κ2) is 3.14. The maximum atomic E-state index is 9.02. The normalized spacial score (nSPS) is 8.80. The minimum atomic E-state index is 0.271. The van der Waals surface area contributed by atoms with E-state index in [4.69, 9.17) is 10.1 Å². The summed E-state index contributed by atoms with van der Waals surface area (Å²) in [4.78, 5) is 9.02. The monoisotopic (exact) mass is 74.0 g/mol. The van der Waals surface area contributed by atoms with Crippen LogP contribution in [0.15, 0.2) is 0 Å². The molecule has 0 aromatic carbocycles. The van der Waals surface area contributed by atoms with E-state index in [1.807, 2.05) is 0 Å². The van der Waals surface area contributed by atoms with E-state index in [0.717, 1.165) is 0 Å². The number of carbonyl (C=O) groups excluding carboxylic acids is 2. The molecule has 28 valence electrons. The van der Waals surface area contributed by atoms with Crippen LogP contribution in [0.4, 0.5) is 0 Å². The fourth-order valence-corrected chi connectivity index (χ4v) is 0.0227. The smallest absolute Gasteiger partial charge is 0.381 e. The van der Waals surface area contributed by atoms with Crippen LogP contribution in [0.5, 0.6) is 0 Å². The van der Waals surface area contributed by atoms with E-state index < -0.39 is 0 Å². The second-order valence-corrected chi connectivity index (χ2v) is 0.368. The summed E-state index contributed by atoms with van der Waals surface area (Å²) in [6.07, 6.45) is 0.785. The SMILES string of the molecule is O=CC=[O+][O-]. The van der Waals surface area contributed by atoms with Gasteiger partial charge in [0.1, 0.15) is 0 Å². The van der Waals surface area contributed by atoms with Crippen molar-refractivity contribution in [2.24, 2.45) is 0 Å². The van der Waals surface area contributed by atoms with Crippen molar-refractivity contribution in [3.05, 3.63) is 0 Å². The van der Waals surface area contributed by atoms with Crippen molar-refractivity contribution < 1.29 is 14.6 Å². The zero-order valence-electron chi connectivity index (χ0n) is 2.38. The van der Waals surface area contributed by atoms with Crippen LogP contribution < -0.4 is 5.26 Å². The van der Waals surface area contributed by atoms with Crippen molar-refractivity contribution in [2.75, 3.05) is 0 Å². The van der Waals surface area contributed by atoms with Crippen molar-refractivity contribution in [3.8, 4) is 0 Å². The highest BCUT2D eigenvalue weighted by Crippen LogP contribution is 1.19. The summed E-state index contributed by atoms with van der Waals surface area (Å²) in [5, 5.41) is 8.74. The van der Waals surface area contributed by atoms with E-state index in [9.17, 15) is 0 Å². The van der Waals surface area contributed by atoms with Gasteiger partial charge in [0, 0.05) is 0 Å². The number of carbonyl (C=O) groups is 1. The number of hydrogen-bond donors (Lipinski definition) is 0. The quantitative estimate of drug-likeness (QED) is 0.121. The van der Waals surface area contributed by atoms with Crippen LogP contribution in [0, 0.1) is 0 Å². The molecule has 0 saturated heterocycles. The fraction of sp³-hybridized carbons (Fsp3) is 0. The first-order valence-electron chi connectivity index (χ1n) is 0.971. The van der Waals surface area contributed by atoms with Gasteiger partial charge in [-0.15, -0.1) is 0 Å². The lowest BCUT2D eigenvalue weighted by Crippen LogP contribution is -1.96. The van der Waals surface area contributed by atoms with Gasteiger partial charge in [0.25, 0.3) is 0 Å². The molecule has 0 spiro atoms. The van der Waals surface area contributed by atoms with Crippen LogP contribution in [0.3, 0.4) is 0 Å². The molecule has 0 aliphatic rings. The van der Waals surface area contributed by atoms with Crippen molar-refractivity contribution in [1.29, 1.82) is 0 Å². The van der Waals surface area contributed by atoms with Crippen LogP contribution in [0.2, 0.25) is 0 Å². The summed E-state index contributed by atoms with van der Waals surface area (Å²) in [5.41, 5.74) is 0. The molecule has 0 heterocycles. The molecule has 0 amide bonds. The van der Waals surface area contributed by atoms with Crippen molar-refractivity contribution in [1.82, 2.24) is 0 Å². The lowest BCUT2D eigenvalue weighted by atomic mass is 10.9. The number of hydrogen-bond acceptors (Lipinski definition) is 2. The van der Waals surface area contributed by atoms with Gasteiger partial charge in [0.05, 0.1) is 0 Å². The Bertz CT molecular complexity index is 46.9. The van der Waals surface area contributed by atoms with Crippen LogP contribution in [0.1, 0.15) is 0 Å². The van der Waals surface area contributed by atoms with Gasteiger partial charge in [-0.3, -0.25) is 4.79 Å². The average Bonchev–Trinajstić information content (AvgIpc) is 1.41. The molecule has 0 aliphatic carbocycles. The van der Waals surface area contributed by atoms with Gasteiger partial charge in [-0.25, -0.2) is 0 Å². The van der Waals surface area contributed by atoms with Gasteiger partial charge < -0.3 is 5.26 Å². The van der Waals surface area contributed by atoms with E-state index in [1.54, 1.807) is 0 Å². The largest absolute Gasteiger partial charge is 0.463 e. The molecule has 0 N–H and O–H groups in total. The lowest BCUT2D eigenvalue weighted by molar-refractivity contribution is -1.04. The zero-order chi connectivity index (χ0) is 4.12. The Morgan fingerprint density at radius 2 is 2.40 bits per heavy atom. The molecule has 0 rings (SSSR count). The highest BCUT2D eigenvalue weighted by Gasteiger charge is 1.64. The standard InChI is InChI=1S/C2H2O3/c3-1-2-5-4/h1-2H. The average molecular weight is 74.0 g/mol. The molecule has 3 heteroatoms. The Balaban J connectivity index is 2.92. The highest BCUT2D eigenvalue weighted by molar-refractivity contribution is 6.09. The zero-order valence-corrected chi connectivity index (χ0v) is 2.38. The summed E-state index contributed by atoms with van der Waals surface area (Å²) in [5.74, 6) is 0. The summed E-state index contributed by atoms with van der Waals surface area (Å²) >= 11 is 0. The lowest BCUT2D eigenvalue weighted by Gasteiger charge is -1.53. The summed E-state index contributed by atoms with van der Waals surface area (Å²) in [6, 6.07) is 0.